The molecule has 1 heterocycles. The Balaban J connectivity index is 2.37. The summed E-state index contributed by atoms with van der Waals surface area (Å²) < 4.78 is 1.58. The van der Waals surface area contributed by atoms with Crippen LogP contribution >= 0.6 is 12.6 Å². The SMILES string of the molecule is Nc1cccc([N+]2=NN=NC2S)c1. The third-order valence-corrected chi connectivity index (χ3v) is 1.97. The Kier molecular flexibility index (Phi) is 1.97. The number of benzene rings is 1. The summed E-state index contributed by atoms with van der Waals surface area (Å²) in [5, 5.41) is 11.0. The molecule has 0 amide bonds. The van der Waals surface area contributed by atoms with Crippen LogP contribution in [0.4, 0.5) is 11.4 Å². The van der Waals surface area contributed by atoms with Crippen molar-refractivity contribution in [1.29, 1.82) is 0 Å². The van der Waals surface area contributed by atoms with E-state index in [0.717, 1.165) is 5.69 Å². The van der Waals surface area contributed by atoms with E-state index < -0.39 is 0 Å². The number of rotatable bonds is 1. The topological polar surface area (TPSA) is 66.1 Å². The van der Waals surface area contributed by atoms with Crippen LogP contribution in [0.2, 0.25) is 0 Å². The quantitative estimate of drug-likeness (QED) is 0.400. The second-order valence-corrected chi connectivity index (χ2v) is 3.04. The van der Waals surface area contributed by atoms with Crippen LogP contribution in [0.25, 0.3) is 0 Å². The Morgan fingerprint density at radius 2 is 2.31 bits per heavy atom. The molecule has 2 N–H and O–H groups in total. The van der Waals surface area contributed by atoms with Gasteiger partial charge in [0.2, 0.25) is 5.22 Å². The number of thiol groups is 1. The van der Waals surface area contributed by atoms with Gasteiger partial charge in [-0.3, -0.25) is 0 Å². The molecule has 5 nitrogen and oxygen atoms in total. The maximum absolute atomic E-state index is 5.62. The lowest BCUT2D eigenvalue weighted by molar-refractivity contribution is -0.515. The van der Waals surface area contributed by atoms with Gasteiger partial charge in [0.05, 0.1) is 0 Å². The van der Waals surface area contributed by atoms with Crippen molar-refractivity contribution in [2.24, 2.45) is 15.6 Å². The summed E-state index contributed by atoms with van der Waals surface area (Å²) in [5.74, 6) is 0. The van der Waals surface area contributed by atoms with Crippen molar-refractivity contribution in [3.8, 4) is 0 Å². The molecule has 0 bridgehead atoms. The summed E-state index contributed by atoms with van der Waals surface area (Å²) in [6.45, 7) is 0. The summed E-state index contributed by atoms with van der Waals surface area (Å²) in [6, 6.07) is 7.32. The molecule has 1 unspecified atom stereocenters. The van der Waals surface area contributed by atoms with Crippen LogP contribution < -0.4 is 5.73 Å². The van der Waals surface area contributed by atoms with Crippen molar-refractivity contribution in [3.63, 3.8) is 0 Å². The minimum atomic E-state index is -0.346. The zero-order valence-electron chi connectivity index (χ0n) is 6.70. The predicted molar refractivity (Wildman–Crippen MR) is 50.8 cm³/mol. The summed E-state index contributed by atoms with van der Waals surface area (Å²) >= 11 is 4.16. The number of hydrogen-bond donors (Lipinski definition) is 2. The molecule has 0 aliphatic carbocycles. The highest BCUT2D eigenvalue weighted by molar-refractivity contribution is 7.80. The maximum Gasteiger partial charge on any atom is 0.302 e. The Hall–Kier alpha value is -1.43. The van der Waals surface area contributed by atoms with Crippen molar-refractivity contribution < 1.29 is 4.70 Å². The van der Waals surface area contributed by atoms with Crippen LogP contribution in [0, 0.1) is 0 Å². The Morgan fingerprint density at radius 1 is 1.46 bits per heavy atom. The first kappa shape index (κ1) is 8.18. The van der Waals surface area contributed by atoms with Gasteiger partial charge >= 0.3 is 5.50 Å². The molecule has 1 aromatic rings. The second kappa shape index (κ2) is 3.14. The minimum absolute atomic E-state index is 0.346. The van der Waals surface area contributed by atoms with Gasteiger partial charge in [-0.25, -0.2) is 0 Å². The van der Waals surface area contributed by atoms with E-state index >= 15 is 0 Å². The first-order valence-corrected chi connectivity index (χ1v) is 4.22. The normalized spacial score (nSPS) is 20.4. The standard InChI is InChI=1S/C7H7N5S/c8-5-2-1-3-6(4-5)12-7(13)9-10-11-12/h1-4,7H,8H2/p+1. The van der Waals surface area contributed by atoms with Crippen LogP contribution in [0.5, 0.6) is 0 Å². The van der Waals surface area contributed by atoms with E-state index in [2.05, 4.69) is 28.2 Å². The molecule has 13 heavy (non-hydrogen) atoms. The molecule has 1 atom stereocenters. The van der Waals surface area contributed by atoms with E-state index in [9.17, 15) is 0 Å². The van der Waals surface area contributed by atoms with Gasteiger partial charge in [0.1, 0.15) is 0 Å². The molecule has 0 radical (unpaired) electrons. The predicted octanol–water partition coefficient (Wildman–Crippen LogP) is 1.96. The third-order valence-electron chi connectivity index (χ3n) is 1.64. The molecule has 1 aliphatic heterocycles. The molecule has 0 aromatic heterocycles. The average molecular weight is 194 g/mol. The Bertz CT molecular complexity index is 386. The van der Waals surface area contributed by atoms with Crippen LogP contribution in [0.1, 0.15) is 0 Å². The number of nitrogens with two attached hydrogens (primary N) is 1. The summed E-state index contributed by atoms with van der Waals surface area (Å²) in [4.78, 5) is 0. The van der Waals surface area contributed by atoms with Crippen LogP contribution in [-0.2, 0) is 0 Å². The van der Waals surface area contributed by atoms with Gasteiger partial charge in [-0.15, -0.1) is 12.6 Å². The second-order valence-electron chi connectivity index (χ2n) is 2.58. The summed E-state index contributed by atoms with van der Waals surface area (Å²) in [7, 11) is 0. The molecular weight excluding hydrogens is 186 g/mol. The molecule has 2 rings (SSSR count). The molecule has 66 valence electrons. The van der Waals surface area contributed by atoms with Crippen molar-refractivity contribution in [2.75, 3.05) is 5.73 Å². The summed E-state index contributed by atoms with van der Waals surface area (Å²) in [5.41, 5.74) is 6.79. The molecule has 1 aromatic carbocycles. The fourth-order valence-electron chi connectivity index (χ4n) is 1.06. The van der Waals surface area contributed by atoms with Gasteiger partial charge in [-0.1, -0.05) is 10.8 Å². The first-order valence-electron chi connectivity index (χ1n) is 3.71. The fourth-order valence-corrected chi connectivity index (χ4v) is 1.29. The highest BCUT2D eigenvalue weighted by Crippen LogP contribution is 2.23. The Labute approximate surface area is 80.4 Å². The molecule has 0 saturated heterocycles. The number of nitrogen functional groups attached to an aromatic ring is 1. The van der Waals surface area contributed by atoms with E-state index in [4.69, 9.17) is 5.73 Å². The van der Waals surface area contributed by atoms with E-state index in [-0.39, 0.29) is 5.50 Å². The Morgan fingerprint density at radius 3 is 2.92 bits per heavy atom. The van der Waals surface area contributed by atoms with Crippen molar-refractivity contribution in [2.45, 2.75) is 5.50 Å². The average Bonchev–Trinajstić information content (AvgIpc) is 2.51. The molecule has 6 heteroatoms. The third kappa shape index (κ3) is 1.52. The zero-order chi connectivity index (χ0) is 9.26. The van der Waals surface area contributed by atoms with Gasteiger partial charge in [-0.05, 0) is 12.1 Å². The van der Waals surface area contributed by atoms with Gasteiger partial charge in [-0.2, -0.15) is 0 Å². The van der Waals surface area contributed by atoms with Gasteiger partial charge in [0.15, 0.2) is 10.9 Å². The lowest BCUT2D eigenvalue weighted by Gasteiger charge is -2.00. The van der Waals surface area contributed by atoms with E-state index in [1.54, 1.807) is 16.8 Å². The van der Waals surface area contributed by atoms with E-state index in [1.807, 2.05) is 12.1 Å². The van der Waals surface area contributed by atoms with Crippen molar-refractivity contribution >= 4 is 24.0 Å². The smallest absolute Gasteiger partial charge is 0.302 e. The highest BCUT2D eigenvalue weighted by Gasteiger charge is 2.23. The molecular formula is C7H8N5S+. The lowest BCUT2D eigenvalue weighted by atomic mass is 10.3. The maximum atomic E-state index is 5.62. The number of anilines is 1. The van der Waals surface area contributed by atoms with Gasteiger partial charge in [0, 0.05) is 16.9 Å². The van der Waals surface area contributed by atoms with Crippen LogP contribution in [0.3, 0.4) is 0 Å². The fraction of sp³-hybridized carbons (Fsp3) is 0.143. The number of nitrogens with zero attached hydrogens (tertiary/aromatic N) is 4. The van der Waals surface area contributed by atoms with Gasteiger partial charge < -0.3 is 5.73 Å². The van der Waals surface area contributed by atoms with Crippen molar-refractivity contribution in [1.82, 2.24) is 0 Å². The monoisotopic (exact) mass is 194 g/mol. The summed E-state index contributed by atoms with van der Waals surface area (Å²) in [6.07, 6.45) is 0. The molecule has 1 aliphatic rings. The lowest BCUT2D eigenvalue weighted by Crippen LogP contribution is -2.07. The molecule has 0 saturated carbocycles. The van der Waals surface area contributed by atoms with Gasteiger partial charge in [0.25, 0.3) is 0 Å². The first-order chi connectivity index (χ1) is 6.27. The van der Waals surface area contributed by atoms with E-state index in [0.29, 0.717) is 5.69 Å². The van der Waals surface area contributed by atoms with E-state index in [1.165, 1.54) is 0 Å². The van der Waals surface area contributed by atoms with Crippen LogP contribution in [-0.4, -0.2) is 10.2 Å². The minimum Gasteiger partial charge on any atom is -0.399 e. The van der Waals surface area contributed by atoms with Crippen molar-refractivity contribution in [3.05, 3.63) is 24.3 Å². The number of hydrogen-bond acceptors (Lipinski definition) is 5. The molecule has 0 spiro atoms. The highest BCUT2D eigenvalue weighted by atomic mass is 32.1. The van der Waals surface area contributed by atoms with Crippen LogP contribution in [0.15, 0.2) is 39.8 Å². The zero-order valence-corrected chi connectivity index (χ0v) is 7.59. The molecule has 0 fully saturated rings. The largest absolute Gasteiger partial charge is 0.399 e.